The summed E-state index contributed by atoms with van der Waals surface area (Å²) >= 11 is 0. The summed E-state index contributed by atoms with van der Waals surface area (Å²) in [5.41, 5.74) is 0.541. The van der Waals surface area contributed by atoms with Gasteiger partial charge >= 0.3 is 0 Å². The number of aromatic nitrogens is 3. The first-order valence-corrected chi connectivity index (χ1v) is 7.83. The molecule has 0 aromatic carbocycles. The Bertz CT molecular complexity index is 730. The van der Waals surface area contributed by atoms with E-state index in [1.54, 1.807) is 41.2 Å². The minimum atomic E-state index is -0.310. The summed E-state index contributed by atoms with van der Waals surface area (Å²) in [5, 5.41) is 3.81. The summed E-state index contributed by atoms with van der Waals surface area (Å²) in [6.07, 6.45) is 3.73. The number of hydrogen-bond acceptors (Lipinski definition) is 6. The van der Waals surface area contributed by atoms with Crippen LogP contribution in [0.2, 0.25) is 0 Å². The molecule has 1 unspecified atom stereocenters. The van der Waals surface area contributed by atoms with Crippen molar-refractivity contribution in [3.8, 4) is 0 Å². The molecule has 2 aromatic heterocycles. The van der Waals surface area contributed by atoms with Crippen molar-refractivity contribution in [1.29, 1.82) is 0 Å². The van der Waals surface area contributed by atoms with Gasteiger partial charge in [-0.2, -0.15) is 4.98 Å². The fraction of sp³-hybridized carbons (Fsp3) is 0.438. The van der Waals surface area contributed by atoms with E-state index in [-0.39, 0.29) is 17.9 Å². The van der Waals surface area contributed by atoms with Gasteiger partial charge in [-0.3, -0.25) is 14.6 Å². The van der Waals surface area contributed by atoms with Gasteiger partial charge in [-0.25, -0.2) is 0 Å². The van der Waals surface area contributed by atoms with Crippen molar-refractivity contribution < 1.29 is 14.1 Å². The molecule has 0 aliphatic carbocycles. The van der Waals surface area contributed by atoms with Gasteiger partial charge in [-0.1, -0.05) is 5.16 Å². The Morgan fingerprint density at radius 3 is 2.75 bits per heavy atom. The van der Waals surface area contributed by atoms with Crippen LogP contribution in [0.25, 0.3) is 0 Å². The molecule has 0 saturated carbocycles. The van der Waals surface area contributed by atoms with Crippen molar-refractivity contribution in [2.24, 2.45) is 0 Å². The van der Waals surface area contributed by atoms with Crippen LogP contribution in [0.5, 0.6) is 0 Å². The molecule has 1 saturated heterocycles. The van der Waals surface area contributed by atoms with E-state index in [9.17, 15) is 9.59 Å². The monoisotopic (exact) mass is 329 g/mol. The molecule has 2 amide bonds. The van der Waals surface area contributed by atoms with Gasteiger partial charge in [0.25, 0.3) is 5.91 Å². The third-order valence-corrected chi connectivity index (χ3v) is 4.09. The minimum absolute atomic E-state index is 0.0773. The highest BCUT2D eigenvalue weighted by molar-refractivity contribution is 5.93. The van der Waals surface area contributed by atoms with Crippen LogP contribution in [0.4, 0.5) is 0 Å². The van der Waals surface area contributed by atoms with E-state index in [2.05, 4.69) is 15.1 Å². The molecule has 0 radical (unpaired) electrons. The van der Waals surface area contributed by atoms with Crippen molar-refractivity contribution in [3.63, 3.8) is 0 Å². The molecular weight excluding hydrogens is 310 g/mol. The van der Waals surface area contributed by atoms with Crippen LogP contribution >= 0.6 is 0 Å². The van der Waals surface area contributed by atoms with Crippen LogP contribution in [0.1, 0.15) is 41.5 Å². The lowest BCUT2D eigenvalue weighted by atomic mass is 10.1. The van der Waals surface area contributed by atoms with Gasteiger partial charge in [0.05, 0.1) is 5.56 Å². The average Bonchev–Trinajstić information content (AvgIpc) is 2.89. The molecule has 3 rings (SSSR count). The molecule has 1 atom stereocenters. The van der Waals surface area contributed by atoms with E-state index in [0.29, 0.717) is 43.3 Å². The van der Waals surface area contributed by atoms with Crippen LogP contribution in [0.3, 0.4) is 0 Å². The van der Waals surface area contributed by atoms with Crippen molar-refractivity contribution in [3.05, 3.63) is 41.8 Å². The molecule has 1 fully saturated rings. The molecule has 8 heteroatoms. The van der Waals surface area contributed by atoms with Crippen molar-refractivity contribution in [2.45, 2.75) is 26.3 Å². The Morgan fingerprint density at radius 2 is 2.12 bits per heavy atom. The van der Waals surface area contributed by atoms with Gasteiger partial charge in [-0.15, -0.1) is 0 Å². The molecule has 0 spiro atoms. The van der Waals surface area contributed by atoms with E-state index < -0.39 is 0 Å². The number of hydrogen-bond donors (Lipinski definition) is 0. The fourth-order valence-electron chi connectivity index (χ4n) is 2.89. The SMILES string of the molecule is CC(=O)N1CCN(C(=O)c2cccnc2)CCC1c1nc(C)no1. The Morgan fingerprint density at radius 1 is 1.29 bits per heavy atom. The summed E-state index contributed by atoms with van der Waals surface area (Å²) in [6, 6.07) is 3.16. The second-order valence-corrected chi connectivity index (χ2v) is 5.73. The minimum Gasteiger partial charge on any atom is -0.337 e. The fourth-order valence-corrected chi connectivity index (χ4v) is 2.89. The highest BCUT2D eigenvalue weighted by Crippen LogP contribution is 2.26. The van der Waals surface area contributed by atoms with Crippen molar-refractivity contribution >= 4 is 11.8 Å². The standard InChI is InChI=1S/C16H19N5O3/c1-11-18-15(24-19-11)14-5-7-20(8-9-21(14)12(2)22)16(23)13-4-3-6-17-10-13/h3-4,6,10,14H,5,7-9H2,1-2H3. The van der Waals surface area contributed by atoms with E-state index in [0.717, 1.165) is 0 Å². The summed E-state index contributed by atoms with van der Waals surface area (Å²) in [4.78, 5) is 36.3. The zero-order valence-electron chi connectivity index (χ0n) is 13.7. The first kappa shape index (κ1) is 16.1. The van der Waals surface area contributed by atoms with Gasteiger partial charge in [0.1, 0.15) is 6.04 Å². The van der Waals surface area contributed by atoms with E-state index in [4.69, 9.17) is 4.52 Å². The largest absolute Gasteiger partial charge is 0.337 e. The van der Waals surface area contributed by atoms with Crippen LogP contribution < -0.4 is 0 Å². The summed E-state index contributed by atoms with van der Waals surface area (Å²) in [7, 11) is 0. The third kappa shape index (κ3) is 3.27. The average molecular weight is 329 g/mol. The maximum Gasteiger partial charge on any atom is 0.255 e. The van der Waals surface area contributed by atoms with E-state index in [1.807, 2.05) is 0 Å². The molecule has 1 aliphatic rings. The van der Waals surface area contributed by atoms with E-state index >= 15 is 0 Å². The number of carbonyl (C=O) groups excluding carboxylic acids is 2. The van der Waals surface area contributed by atoms with Crippen LogP contribution in [0.15, 0.2) is 29.0 Å². The molecule has 3 heterocycles. The molecule has 2 aromatic rings. The Kier molecular flexibility index (Phi) is 4.54. The predicted molar refractivity (Wildman–Crippen MR) is 83.9 cm³/mol. The Balaban J connectivity index is 1.80. The zero-order chi connectivity index (χ0) is 17.1. The van der Waals surface area contributed by atoms with Gasteiger partial charge < -0.3 is 14.3 Å². The zero-order valence-corrected chi connectivity index (χ0v) is 13.7. The molecule has 24 heavy (non-hydrogen) atoms. The molecule has 8 nitrogen and oxygen atoms in total. The number of rotatable bonds is 2. The number of aryl methyl sites for hydroxylation is 1. The highest BCUT2D eigenvalue weighted by Gasteiger charge is 2.32. The maximum absolute atomic E-state index is 12.6. The summed E-state index contributed by atoms with van der Waals surface area (Å²) in [5.74, 6) is 0.778. The lowest BCUT2D eigenvalue weighted by molar-refractivity contribution is -0.131. The highest BCUT2D eigenvalue weighted by atomic mass is 16.5. The number of nitrogens with zero attached hydrogens (tertiary/aromatic N) is 5. The Labute approximate surface area is 139 Å². The van der Waals surface area contributed by atoms with E-state index in [1.165, 1.54) is 6.92 Å². The first-order valence-electron chi connectivity index (χ1n) is 7.83. The lowest BCUT2D eigenvalue weighted by Crippen LogP contribution is -2.37. The smallest absolute Gasteiger partial charge is 0.255 e. The van der Waals surface area contributed by atoms with Crippen LogP contribution in [0, 0.1) is 6.92 Å². The molecular formula is C16H19N5O3. The van der Waals surface area contributed by atoms with Crippen molar-refractivity contribution in [1.82, 2.24) is 24.9 Å². The van der Waals surface area contributed by atoms with Gasteiger partial charge in [0.15, 0.2) is 5.82 Å². The summed E-state index contributed by atoms with van der Waals surface area (Å²) in [6.45, 7) is 4.63. The molecule has 126 valence electrons. The number of carbonyl (C=O) groups is 2. The van der Waals surface area contributed by atoms with Crippen LogP contribution in [-0.4, -0.2) is 56.4 Å². The van der Waals surface area contributed by atoms with Crippen molar-refractivity contribution in [2.75, 3.05) is 19.6 Å². The van der Waals surface area contributed by atoms with Crippen LogP contribution in [-0.2, 0) is 4.79 Å². The lowest BCUT2D eigenvalue weighted by Gasteiger charge is -2.25. The Hall–Kier alpha value is -2.77. The second-order valence-electron chi connectivity index (χ2n) is 5.73. The first-order chi connectivity index (χ1) is 11.6. The number of pyridine rings is 1. The molecule has 0 N–H and O–H groups in total. The van der Waals surface area contributed by atoms with Gasteiger partial charge in [0, 0.05) is 39.0 Å². The second kappa shape index (κ2) is 6.77. The maximum atomic E-state index is 12.6. The molecule has 1 aliphatic heterocycles. The quantitative estimate of drug-likeness (QED) is 0.822. The number of amides is 2. The normalized spacial score (nSPS) is 18.3. The topological polar surface area (TPSA) is 92.4 Å². The van der Waals surface area contributed by atoms with Gasteiger partial charge in [0.2, 0.25) is 11.8 Å². The predicted octanol–water partition coefficient (Wildman–Crippen LogP) is 1.21. The third-order valence-electron chi connectivity index (χ3n) is 4.09. The molecule has 0 bridgehead atoms. The van der Waals surface area contributed by atoms with Gasteiger partial charge in [-0.05, 0) is 25.5 Å². The summed E-state index contributed by atoms with van der Waals surface area (Å²) < 4.78 is 5.25.